The number of hydrogen-bond donors (Lipinski definition) is 1. The monoisotopic (exact) mass is 488 g/mol. The van der Waals surface area contributed by atoms with Gasteiger partial charge in [0, 0.05) is 34.8 Å². The molecule has 0 radical (unpaired) electrons. The molecule has 1 fully saturated rings. The van der Waals surface area contributed by atoms with Crippen molar-refractivity contribution in [2.24, 2.45) is 0 Å². The quantitative estimate of drug-likeness (QED) is 0.359. The van der Waals surface area contributed by atoms with E-state index in [0.29, 0.717) is 0 Å². The van der Waals surface area contributed by atoms with E-state index in [9.17, 15) is 0 Å². The lowest BCUT2D eigenvalue weighted by atomic mass is 10.0. The van der Waals surface area contributed by atoms with Crippen LogP contribution in [-0.2, 0) is 6.54 Å². The first-order valence-electron chi connectivity index (χ1n) is 10.2. The molecule has 0 bridgehead atoms. The largest absolute Gasteiger partial charge is 0.352 e. The summed E-state index contributed by atoms with van der Waals surface area (Å²) in [6.07, 6.45) is 3.94. The van der Waals surface area contributed by atoms with Gasteiger partial charge in [0.1, 0.15) is 0 Å². The van der Waals surface area contributed by atoms with E-state index >= 15 is 0 Å². The summed E-state index contributed by atoms with van der Waals surface area (Å²) in [7, 11) is 0. The van der Waals surface area contributed by atoms with Gasteiger partial charge in [-0.05, 0) is 60.2 Å². The Morgan fingerprint density at radius 2 is 1.77 bits per heavy atom. The summed E-state index contributed by atoms with van der Waals surface area (Å²) in [5.74, 6) is 0. The van der Waals surface area contributed by atoms with Crippen LogP contribution in [0.5, 0.6) is 0 Å². The highest BCUT2D eigenvalue weighted by atomic mass is 79.9. The Hall–Kier alpha value is -2.96. The number of pyridine rings is 1. The Labute approximate surface area is 195 Å². The van der Waals surface area contributed by atoms with Crippen LogP contribution in [0.4, 0.5) is 0 Å². The van der Waals surface area contributed by atoms with Crippen molar-refractivity contribution in [1.29, 1.82) is 0 Å². The van der Waals surface area contributed by atoms with Crippen LogP contribution in [0.1, 0.15) is 29.0 Å². The van der Waals surface area contributed by atoms with Crippen molar-refractivity contribution in [1.82, 2.24) is 19.8 Å². The fourth-order valence-corrected chi connectivity index (χ4v) is 4.87. The van der Waals surface area contributed by atoms with Crippen molar-refractivity contribution in [3.05, 3.63) is 119 Å². The molecule has 2 aromatic heterocycles. The molecule has 0 amide bonds. The maximum Gasteiger partial charge on any atom is 0.170 e. The zero-order chi connectivity index (χ0) is 21.2. The van der Waals surface area contributed by atoms with Gasteiger partial charge < -0.3 is 14.8 Å². The molecule has 1 saturated heterocycles. The van der Waals surface area contributed by atoms with Crippen molar-refractivity contribution < 1.29 is 0 Å². The molecule has 3 heterocycles. The number of benzene rings is 2. The van der Waals surface area contributed by atoms with Gasteiger partial charge >= 0.3 is 0 Å². The summed E-state index contributed by atoms with van der Waals surface area (Å²) in [5.41, 5.74) is 4.47. The third-order valence-corrected chi connectivity index (χ3v) is 6.41. The normalized spacial score (nSPS) is 18.2. The third kappa shape index (κ3) is 4.01. The Kier molecular flexibility index (Phi) is 5.57. The van der Waals surface area contributed by atoms with Gasteiger partial charge in [-0.2, -0.15) is 0 Å². The first-order valence-corrected chi connectivity index (χ1v) is 11.4. The number of halogens is 1. The predicted octanol–water partition coefficient (Wildman–Crippen LogP) is 5.81. The van der Waals surface area contributed by atoms with Crippen LogP contribution in [0.3, 0.4) is 0 Å². The maximum absolute atomic E-state index is 5.82. The summed E-state index contributed by atoms with van der Waals surface area (Å²) >= 11 is 9.42. The predicted molar refractivity (Wildman–Crippen MR) is 131 cm³/mol. The highest BCUT2D eigenvalue weighted by Gasteiger charge is 2.41. The van der Waals surface area contributed by atoms with E-state index in [4.69, 9.17) is 12.2 Å². The number of nitrogens with zero attached hydrogens (tertiary/aromatic N) is 3. The number of rotatable bonds is 5. The summed E-state index contributed by atoms with van der Waals surface area (Å²) < 4.78 is 3.28. The first-order chi connectivity index (χ1) is 15.2. The smallest absolute Gasteiger partial charge is 0.170 e. The molecule has 0 aliphatic carbocycles. The molecular formula is C25H21BrN4S. The van der Waals surface area contributed by atoms with Crippen molar-refractivity contribution in [2.45, 2.75) is 18.6 Å². The van der Waals surface area contributed by atoms with Gasteiger partial charge in [0.05, 0.1) is 17.8 Å². The molecule has 154 valence electrons. The minimum absolute atomic E-state index is 0.00316. The second-order valence-electron chi connectivity index (χ2n) is 7.52. The zero-order valence-corrected chi connectivity index (χ0v) is 19.1. The lowest BCUT2D eigenvalue weighted by Gasteiger charge is -2.29. The van der Waals surface area contributed by atoms with Gasteiger partial charge in [-0.1, -0.05) is 58.4 Å². The Morgan fingerprint density at radius 3 is 2.55 bits per heavy atom. The summed E-state index contributed by atoms with van der Waals surface area (Å²) in [6.45, 7) is 0.727. The van der Waals surface area contributed by atoms with Crippen LogP contribution in [0.2, 0.25) is 0 Å². The molecule has 0 spiro atoms. The lowest BCUT2D eigenvalue weighted by Crippen LogP contribution is -2.30. The number of aromatic nitrogens is 2. The maximum atomic E-state index is 5.82. The van der Waals surface area contributed by atoms with E-state index in [2.05, 4.69) is 103 Å². The second-order valence-corrected chi connectivity index (χ2v) is 8.83. The topological polar surface area (TPSA) is 33.1 Å². The Bertz CT molecular complexity index is 1190. The number of hydrogen-bond acceptors (Lipinski definition) is 2. The number of thiocarbonyl (C=S) groups is 1. The molecule has 2 unspecified atom stereocenters. The van der Waals surface area contributed by atoms with Gasteiger partial charge in [0.25, 0.3) is 0 Å². The minimum Gasteiger partial charge on any atom is -0.352 e. The van der Waals surface area contributed by atoms with Gasteiger partial charge in [-0.25, -0.2) is 0 Å². The van der Waals surface area contributed by atoms with Gasteiger partial charge in [0.2, 0.25) is 0 Å². The first kappa shape index (κ1) is 20.0. The van der Waals surface area contributed by atoms with Gasteiger partial charge in [0.15, 0.2) is 5.11 Å². The molecule has 31 heavy (non-hydrogen) atoms. The fourth-order valence-electron chi connectivity index (χ4n) is 4.17. The van der Waals surface area contributed by atoms with Crippen LogP contribution in [0.25, 0.3) is 5.69 Å². The molecule has 6 heteroatoms. The van der Waals surface area contributed by atoms with Gasteiger partial charge in [-0.15, -0.1) is 0 Å². The van der Waals surface area contributed by atoms with E-state index in [-0.39, 0.29) is 12.1 Å². The van der Waals surface area contributed by atoms with E-state index in [1.807, 2.05) is 30.5 Å². The second kappa shape index (κ2) is 8.65. The van der Waals surface area contributed by atoms with Crippen LogP contribution >= 0.6 is 28.1 Å². The molecule has 4 nitrogen and oxygen atoms in total. The zero-order valence-electron chi connectivity index (χ0n) is 16.7. The minimum atomic E-state index is -0.0433. The number of nitrogens with one attached hydrogen (secondary N) is 1. The lowest BCUT2D eigenvalue weighted by molar-refractivity contribution is 0.302. The van der Waals surface area contributed by atoms with E-state index in [1.165, 1.54) is 5.56 Å². The molecule has 1 aliphatic heterocycles. The van der Waals surface area contributed by atoms with E-state index < -0.39 is 0 Å². The van der Waals surface area contributed by atoms with E-state index in [0.717, 1.165) is 33.2 Å². The molecule has 1 N–H and O–H groups in total. The summed E-state index contributed by atoms with van der Waals surface area (Å²) in [4.78, 5) is 6.92. The standard InChI is InChI=1S/C25H21BrN4S/c26-19-10-6-11-20(16-19)29-15-7-13-22(29)24-23(21-12-4-5-14-27-21)28-25(31)30(24)17-18-8-2-1-3-9-18/h1-16,23-24H,17H2,(H,28,31). The highest BCUT2D eigenvalue weighted by Crippen LogP contribution is 2.40. The molecule has 5 rings (SSSR count). The van der Waals surface area contributed by atoms with Crippen molar-refractivity contribution in [3.63, 3.8) is 0 Å². The molecule has 0 saturated carbocycles. The molecule has 4 aromatic rings. The fraction of sp³-hybridized carbons (Fsp3) is 0.120. The SMILES string of the molecule is S=C1NC(c2ccccn2)C(c2cccn2-c2cccc(Br)c2)N1Cc1ccccc1. The molecule has 2 aromatic carbocycles. The van der Waals surface area contributed by atoms with Crippen LogP contribution in [0.15, 0.2) is 102 Å². The Balaban J connectivity index is 1.61. The van der Waals surface area contributed by atoms with Crippen molar-refractivity contribution >= 4 is 33.3 Å². The third-order valence-electron chi connectivity index (χ3n) is 5.56. The highest BCUT2D eigenvalue weighted by molar-refractivity contribution is 9.10. The van der Waals surface area contributed by atoms with E-state index in [1.54, 1.807) is 0 Å². The van der Waals surface area contributed by atoms with Crippen LogP contribution in [-0.4, -0.2) is 19.6 Å². The van der Waals surface area contributed by atoms with Crippen LogP contribution in [0, 0.1) is 0 Å². The molecule has 2 atom stereocenters. The van der Waals surface area contributed by atoms with Crippen molar-refractivity contribution in [3.8, 4) is 5.69 Å². The Morgan fingerprint density at radius 1 is 0.935 bits per heavy atom. The average molecular weight is 489 g/mol. The van der Waals surface area contributed by atoms with Gasteiger partial charge in [-0.3, -0.25) is 4.98 Å². The summed E-state index contributed by atoms with van der Waals surface area (Å²) in [5, 5.41) is 4.28. The average Bonchev–Trinajstić information content (AvgIpc) is 3.40. The van der Waals surface area contributed by atoms with Crippen molar-refractivity contribution in [2.75, 3.05) is 0 Å². The molecule has 1 aliphatic rings. The molecular weight excluding hydrogens is 468 g/mol. The van der Waals surface area contributed by atoms with Crippen LogP contribution < -0.4 is 5.32 Å². The summed E-state index contributed by atoms with van der Waals surface area (Å²) in [6, 6.07) is 29.0.